The van der Waals surface area contributed by atoms with Gasteiger partial charge in [-0.1, -0.05) is 6.07 Å². The molecule has 8 nitrogen and oxygen atoms in total. The number of hydrogen-bond donors (Lipinski definition) is 3. The van der Waals surface area contributed by atoms with E-state index in [0.29, 0.717) is 18.9 Å². The van der Waals surface area contributed by atoms with Crippen LogP contribution in [-0.2, 0) is 22.4 Å². The summed E-state index contributed by atoms with van der Waals surface area (Å²) in [4.78, 5) is 30.5. The van der Waals surface area contributed by atoms with Gasteiger partial charge in [-0.2, -0.15) is 0 Å². The summed E-state index contributed by atoms with van der Waals surface area (Å²) in [5.41, 5.74) is 1.80. The van der Waals surface area contributed by atoms with Gasteiger partial charge in [0, 0.05) is 25.3 Å². The van der Waals surface area contributed by atoms with Crippen molar-refractivity contribution in [3.63, 3.8) is 0 Å². The molecule has 0 radical (unpaired) electrons. The fraction of sp³-hybridized carbons (Fsp3) is 0.696. The van der Waals surface area contributed by atoms with E-state index in [4.69, 9.17) is 9.72 Å². The number of pyridine rings is 1. The molecule has 31 heavy (non-hydrogen) atoms. The third-order valence-electron chi connectivity index (χ3n) is 5.85. The molecule has 8 heteroatoms. The fourth-order valence-corrected chi connectivity index (χ4v) is 4.23. The minimum absolute atomic E-state index is 0.360. The molecule has 0 aliphatic carbocycles. The fourth-order valence-electron chi connectivity index (χ4n) is 4.23. The van der Waals surface area contributed by atoms with Crippen molar-refractivity contribution in [1.82, 2.24) is 15.2 Å². The summed E-state index contributed by atoms with van der Waals surface area (Å²) < 4.78 is 5.18. The van der Waals surface area contributed by atoms with Gasteiger partial charge in [-0.05, 0) is 83.4 Å². The predicted molar refractivity (Wildman–Crippen MR) is 119 cm³/mol. The highest BCUT2D eigenvalue weighted by molar-refractivity contribution is 5.80. The van der Waals surface area contributed by atoms with Gasteiger partial charge in [-0.3, -0.25) is 0 Å². The Labute approximate surface area is 184 Å². The summed E-state index contributed by atoms with van der Waals surface area (Å²) in [7, 11) is 0. The predicted octanol–water partition coefficient (Wildman–Crippen LogP) is 3.06. The molecule has 1 aromatic rings. The number of carbonyl (C=O) groups is 2. The number of alkyl carbamates (subject to hydrolysis) is 1. The van der Waals surface area contributed by atoms with E-state index in [9.17, 15) is 14.7 Å². The lowest BCUT2D eigenvalue weighted by atomic mass is 10.00. The summed E-state index contributed by atoms with van der Waals surface area (Å²) in [5.74, 6) is 0.607. The first-order chi connectivity index (χ1) is 14.7. The van der Waals surface area contributed by atoms with Crippen molar-refractivity contribution < 1.29 is 19.4 Å². The summed E-state index contributed by atoms with van der Waals surface area (Å²) >= 11 is 0. The van der Waals surface area contributed by atoms with Crippen LogP contribution in [0.4, 0.5) is 10.6 Å². The van der Waals surface area contributed by atoms with Crippen molar-refractivity contribution in [2.45, 2.75) is 70.9 Å². The number of anilines is 1. The zero-order chi connectivity index (χ0) is 22.4. The number of ether oxygens (including phenoxy) is 1. The number of nitrogens with zero attached hydrogens (tertiary/aromatic N) is 2. The van der Waals surface area contributed by atoms with Crippen molar-refractivity contribution in [3.8, 4) is 0 Å². The monoisotopic (exact) mass is 432 g/mol. The van der Waals surface area contributed by atoms with Gasteiger partial charge in [0.15, 0.2) is 0 Å². The Morgan fingerprint density at radius 1 is 1.39 bits per heavy atom. The molecule has 0 saturated carbocycles. The number of aryl methyl sites for hydroxylation is 2. The van der Waals surface area contributed by atoms with Crippen LogP contribution in [0.3, 0.4) is 0 Å². The molecule has 3 heterocycles. The van der Waals surface area contributed by atoms with Crippen molar-refractivity contribution in [2.75, 3.05) is 31.5 Å². The van der Waals surface area contributed by atoms with Gasteiger partial charge >= 0.3 is 12.1 Å². The normalized spacial score (nSPS) is 19.9. The number of fused-ring (bicyclic) bond motifs is 1. The molecule has 2 aliphatic rings. The van der Waals surface area contributed by atoms with Gasteiger partial charge in [0.1, 0.15) is 17.5 Å². The van der Waals surface area contributed by atoms with Crippen molar-refractivity contribution >= 4 is 17.9 Å². The average Bonchev–Trinajstić information content (AvgIpc) is 3.15. The molecule has 0 spiro atoms. The molecule has 1 aromatic heterocycles. The quantitative estimate of drug-likeness (QED) is 0.580. The van der Waals surface area contributed by atoms with Crippen molar-refractivity contribution in [3.05, 3.63) is 23.4 Å². The van der Waals surface area contributed by atoms with Crippen LogP contribution < -0.4 is 10.6 Å². The van der Waals surface area contributed by atoms with Gasteiger partial charge < -0.3 is 25.4 Å². The highest BCUT2D eigenvalue weighted by Gasteiger charge is 2.27. The van der Waals surface area contributed by atoms with E-state index in [1.165, 1.54) is 12.0 Å². The van der Waals surface area contributed by atoms with E-state index < -0.39 is 23.7 Å². The second kappa shape index (κ2) is 10.3. The van der Waals surface area contributed by atoms with E-state index in [2.05, 4.69) is 27.7 Å². The molecular formula is C23H36N4O4. The smallest absolute Gasteiger partial charge is 0.408 e. The van der Waals surface area contributed by atoms with E-state index in [1.807, 2.05) is 0 Å². The molecule has 172 valence electrons. The molecule has 1 fully saturated rings. The third kappa shape index (κ3) is 7.38. The van der Waals surface area contributed by atoms with Crippen LogP contribution in [0.2, 0.25) is 0 Å². The molecule has 0 unspecified atom stereocenters. The Morgan fingerprint density at radius 3 is 2.94 bits per heavy atom. The van der Waals surface area contributed by atoms with Crippen LogP contribution in [0, 0.1) is 5.92 Å². The van der Waals surface area contributed by atoms with Gasteiger partial charge in [0.2, 0.25) is 0 Å². The third-order valence-corrected chi connectivity index (χ3v) is 5.85. The molecular weight excluding hydrogens is 396 g/mol. The molecule has 2 aliphatic heterocycles. The van der Waals surface area contributed by atoms with E-state index >= 15 is 0 Å². The number of nitrogens with one attached hydrogen (secondary N) is 2. The average molecular weight is 433 g/mol. The number of aliphatic carboxylic acids is 1. The van der Waals surface area contributed by atoms with Crippen LogP contribution in [0.5, 0.6) is 0 Å². The molecule has 3 rings (SSSR count). The van der Waals surface area contributed by atoms with Crippen LogP contribution in [0.25, 0.3) is 0 Å². The lowest BCUT2D eigenvalue weighted by Gasteiger charge is -2.23. The minimum Gasteiger partial charge on any atom is -0.480 e. The summed E-state index contributed by atoms with van der Waals surface area (Å²) in [6.45, 7) is 8.82. The Kier molecular flexibility index (Phi) is 7.75. The van der Waals surface area contributed by atoms with E-state index in [1.54, 1.807) is 20.8 Å². The molecule has 1 amide bonds. The lowest BCUT2D eigenvalue weighted by Crippen LogP contribution is -2.45. The zero-order valence-corrected chi connectivity index (χ0v) is 18.9. The van der Waals surface area contributed by atoms with Gasteiger partial charge in [0.25, 0.3) is 0 Å². The number of rotatable bonds is 8. The van der Waals surface area contributed by atoms with E-state index in [0.717, 1.165) is 56.8 Å². The summed E-state index contributed by atoms with van der Waals surface area (Å²) in [6.07, 6.45) is 5.10. The minimum atomic E-state index is -1.03. The number of carbonyl (C=O) groups excluding carboxylic acids is 1. The first kappa shape index (κ1) is 23.3. The lowest BCUT2D eigenvalue weighted by molar-refractivity contribution is -0.139. The SMILES string of the molecule is CC(C)(C)OC(=O)N[C@@H](CCN1CC[C@H](CCc2ccc3c(n2)NCCC3)C1)C(=O)O. The second-order valence-corrected chi connectivity index (χ2v) is 9.66. The van der Waals surface area contributed by atoms with Gasteiger partial charge in [-0.15, -0.1) is 0 Å². The highest BCUT2D eigenvalue weighted by atomic mass is 16.6. The zero-order valence-electron chi connectivity index (χ0n) is 18.9. The Bertz CT molecular complexity index is 777. The maximum atomic E-state index is 11.9. The van der Waals surface area contributed by atoms with Crippen LogP contribution >= 0.6 is 0 Å². The van der Waals surface area contributed by atoms with Gasteiger partial charge in [-0.25, -0.2) is 14.6 Å². The second-order valence-electron chi connectivity index (χ2n) is 9.66. The molecule has 0 aromatic carbocycles. The standard InChI is InChI=1S/C23H36N4O4/c1-23(2,3)31-22(30)26-19(21(28)29)11-14-27-13-10-16(15-27)6-8-18-9-7-17-5-4-12-24-20(17)25-18/h7,9,16,19H,4-6,8,10-15H2,1-3H3,(H,24,25)(H,26,30)(H,28,29)/t16-,19-/m0/s1. The molecule has 1 saturated heterocycles. The topological polar surface area (TPSA) is 104 Å². The van der Waals surface area contributed by atoms with Crippen molar-refractivity contribution in [2.24, 2.45) is 5.92 Å². The number of aromatic nitrogens is 1. The number of carboxylic acid groups (broad SMARTS) is 1. The maximum absolute atomic E-state index is 11.9. The largest absolute Gasteiger partial charge is 0.480 e. The first-order valence-electron chi connectivity index (χ1n) is 11.4. The van der Waals surface area contributed by atoms with Crippen LogP contribution in [0.15, 0.2) is 12.1 Å². The highest BCUT2D eigenvalue weighted by Crippen LogP contribution is 2.24. The molecule has 0 bridgehead atoms. The van der Waals surface area contributed by atoms with Crippen molar-refractivity contribution in [1.29, 1.82) is 0 Å². The Balaban J connectivity index is 1.41. The number of hydrogen-bond acceptors (Lipinski definition) is 6. The number of carboxylic acids is 1. The first-order valence-corrected chi connectivity index (χ1v) is 11.4. The Morgan fingerprint density at radius 2 is 2.19 bits per heavy atom. The summed E-state index contributed by atoms with van der Waals surface area (Å²) in [5, 5.41) is 15.3. The van der Waals surface area contributed by atoms with Gasteiger partial charge in [0.05, 0.1) is 0 Å². The number of amides is 1. The molecule has 2 atom stereocenters. The number of likely N-dealkylation sites (tertiary alicyclic amines) is 1. The Hall–Kier alpha value is -2.35. The maximum Gasteiger partial charge on any atom is 0.408 e. The van der Waals surface area contributed by atoms with Crippen LogP contribution in [-0.4, -0.2) is 64.9 Å². The van der Waals surface area contributed by atoms with E-state index in [-0.39, 0.29) is 0 Å². The van der Waals surface area contributed by atoms with Crippen LogP contribution in [0.1, 0.15) is 57.7 Å². The molecule has 3 N–H and O–H groups in total. The summed E-state index contributed by atoms with van der Waals surface area (Å²) in [6, 6.07) is 3.41.